The van der Waals surface area contributed by atoms with Gasteiger partial charge in [0.2, 0.25) is 5.91 Å². The average molecular weight is 463 g/mol. The zero-order valence-corrected chi connectivity index (χ0v) is 19.3. The summed E-state index contributed by atoms with van der Waals surface area (Å²) in [5, 5.41) is 12.1. The van der Waals surface area contributed by atoms with Crippen LogP contribution < -0.4 is 5.32 Å². The van der Waals surface area contributed by atoms with Crippen molar-refractivity contribution in [3.05, 3.63) is 59.7 Å². The number of carboxylic acid groups (broad SMARTS) is 1. The molecule has 7 nitrogen and oxygen atoms in total. The Kier molecular flexibility index (Phi) is 6.02. The average Bonchev–Trinajstić information content (AvgIpc) is 3.28. The fraction of sp³-hybridized carbons (Fsp3) is 0.444. The summed E-state index contributed by atoms with van der Waals surface area (Å²) in [7, 11) is 0. The number of benzene rings is 2. The molecule has 2 unspecified atom stereocenters. The molecule has 2 heterocycles. The number of carbonyl (C=O) groups is 3. The Morgan fingerprint density at radius 3 is 2.12 bits per heavy atom. The second-order valence-corrected chi connectivity index (χ2v) is 9.77. The van der Waals surface area contributed by atoms with Crippen LogP contribution in [0, 0.1) is 5.92 Å². The molecule has 0 spiro atoms. The van der Waals surface area contributed by atoms with Crippen LogP contribution in [-0.2, 0) is 14.3 Å². The monoisotopic (exact) mass is 462 g/mol. The van der Waals surface area contributed by atoms with Crippen molar-refractivity contribution in [2.24, 2.45) is 5.92 Å². The second-order valence-electron chi connectivity index (χ2n) is 9.77. The van der Waals surface area contributed by atoms with E-state index in [0.717, 1.165) is 24.0 Å². The first-order valence-electron chi connectivity index (χ1n) is 12.1. The summed E-state index contributed by atoms with van der Waals surface area (Å²) in [5.41, 5.74) is 4.65. The number of hydrogen-bond acceptors (Lipinski definition) is 4. The molecule has 2 aromatic carbocycles. The summed E-state index contributed by atoms with van der Waals surface area (Å²) in [6.45, 7) is 2.03. The third-order valence-electron chi connectivity index (χ3n) is 7.56. The van der Waals surface area contributed by atoms with Crippen molar-refractivity contribution in [2.45, 2.75) is 63.1 Å². The molecule has 0 aromatic heterocycles. The first-order chi connectivity index (χ1) is 16.4. The molecule has 2 aliphatic heterocycles. The van der Waals surface area contributed by atoms with Gasteiger partial charge in [0.1, 0.15) is 6.61 Å². The lowest BCUT2D eigenvalue weighted by Crippen LogP contribution is -2.49. The number of carboxylic acids is 1. The van der Waals surface area contributed by atoms with Crippen LogP contribution in [0.25, 0.3) is 11.1 Å². The number of carbonyl (C=O) groups excluding carboxylic acids is 2. The van der Waals surface area contributed by atoms with E-state index in [4.69, 9.17) is 4.74 Å². The van der Waals surface area contributed by atoms with Gasteiger partial charge in [-0.2, -0.15) is 0 Å². The van der Waals surface area contributed by atoms with Gasteiger partial charge in [0.05, 0.1) is 5.92 Å². The Bertz CT molecular complexity index is 1060. The number of fused-ring (bicyclic) bond motifs is 5. The molecule has 34 heavy (non-hydrogen) atoms. The maximum Gasteiger partial charge on any atom is 0.407 e. The summed E-state index contributed by atoms with van der Waals surface area (Å²) in [5.74, 6) is -1.17. The highest BCUT2D eigenvalue weighted by Gasteiger charge is 2.45. The molecule has 0 saturated carbocycles. The van der Waals surface area contributed by atoms with Crippen LogP contribution in [-0.4, -0.2) is 52.7 Å². The lowest BCUT2D eigenvalue weighted by molar-refractivity contribution is -0.148. The van der Waals surface area contributed by atoms with E-state index in [1.54, 1.807) is 6.92 Å². The lowest BCUT2D eigenvalue weighted by atomic mass is 9.90. The van der Waals surface area contributed by atoms with E-state index in [-0.39, 0.29) is 48.9 Å². The highest BCUT2D eigenvalue weighted by Crippen LogP contribution is 2.44. The molecule has 3 atom stereocenters. The third kappa shape index (κ3) is 4.15. The normalized spacial score (nSPS) is 23.7. The number of nitrogens with one attached hydrogen (secondary N) is 1. The van der Waals surface area contributed by atoms with Crippen LogP contribution in [0.4, 0.5) is 4.79 Å². The topological polar surface area (TPSA) is 95.9 Å². The zero-order chi connectivity index (χ0) is 23.8. The zero-order valence-electron chi connectivity index (χ0n) is 19.3. The summed E-state index contributed by atoms with van der Waals surface area (Å²) in [6.07, 6.45) is 2.39. The van der Waals surface area contributed by atoms with Gasteiger partial charge >= 0.3 is 12.1 Å². The lowest BCUT2D eigenvalue weighted by Gasteiger charge is -2.38. The highest BCUT2D eigenvalue weighted by atomic mass is 16.5. The standard InChI is InChI=1S/C27H30N2O5/c1-16(12-25(30)29-18-10-11-19(29)14-17(13-18)26(31)32)28-27(33)34-15-24-22-8-4-2-6-20(22)21-7-3-5-9-23(21)24/h2-9,16-19,24H,10-15H2,1H3,(H,28,33)(H,31,32)/t16-,17?,18?,19?/m0/s1. The quantitative estimate of drug-likeness (QED) is 0.672. The van der Waals surface area contributed by atoms with Gasteiger partial charge in [-0.1, -0.05) is 48.5 Å². The van der Waals surface area contributed by atoms with Crippen molar-refractivity contribution >= 4 is 18.0 Å². The van der Waals surface area contributed by atoms with Crippen LogP contribution in [0.1, 0.15) is 56.1 Å². The third-order valence-corrected chi connectivity index (χ3v) is 7.56. The van der Waals surface area contributed by atoms with Gasteiger partial charge in [0.25, 0.3) is 0 Å². The second kappa shape index (κ2) is 9.12. The Morgan fingerprint density at radius 1 is 1.00 bits per heavy atom. The number of piperidine rings is 1. The number of aliphatic carboxylic acids is 1. The minimum atomic E-state index is -0.769. The van der Waals surface area contributed by atoms with E-state index in [9.17, 15) is 19.5 Å². The first-order valence-corrected chi connectivity index (χ1v) is 12.1. The maximum absolute atomic E-state index is 13.0. The van der Waals surface area contributed by atoms with Crippen molar-refractivity contribution in [3.63, 3.8) is 0 Å². The van der Waals surface area contributed by atoms with Gasteiger partial charge in [-0.25, -0.2) is 4.79 Å². The van der Waals surface area contributed by atoms with Gasteiger partial charge in [-0.3, -0.25) is 9.59 Å². The van der Waals surface area contributed by atoms with E-state index in [2.05, 4.69) is 29.6 Å². The van der Waals surface area contributed by atoms with Crippen molar-refractivity contribution in [1.82, 2.24) is 10.2 Å². The van der Waals surface area contributed by atoms with E-state index >= 15 is 0 Å². The smallest absolute Gasteiger partial charge is 0.407 e. The molecule has 3 aliphatic rings. The van der Waals surface area contributed by atoms with Gasteiger partial charge < -0.3 is 20.1 Å². The van der Waals surface area contributed by atoms with Gasteiger partial charge in [-0.15, -0.1) is 0 Å². The first kappa shape index (κ1) is 22.4. The predicted octanol–water partition coefficient (Wildman–Crippen LogP) is 4.16. The van der Waals surface area contributed by atoms with Crippen LogP contribution in [0.3, 0.4) is 0 Å². The molecule has 0 radical (unpaired) electrons. The van der Waals surface area contributed by atoms with E-state index in [1.807, 2.05) is 29.2 Å². The van der Waals surface area contributed by atoms with Crippen LogP contribution >= 0.6 is 0 Å². The Balaban J connectivity index is 1.15. The Labute approximate surface area is 199 Å². The number of hydrogen-bond donors (Lipinski definition) is 2. The largest absolute Gasteiger partial charge is 0.481 e. The van der Waals surface area contributed by atoms with Crippen molar-refractivity contribution in [3.8, 4) is 11.1 Å². The summed E-state index contributed by atoms with van der Waals surface area (Å²) in [6, 6.07) is 16.0. The molecule has 2 bridgehead atoms. The Morgan fingerprint density at radius 2 is 1.56 bits per heavy atom. The van der Waals surface area contributed by atoms with Gasteiger partial charge in [0, 0.05) is 30.5 Å². The molecule has 178 valence electrons. The highest BCUT2D eigenvalue weighted by molar-refractivity contribution is 5.80. The minimum absolute atomic E-state index is 0.00555. The molecule has 2 aromatic rings. The Hall–Kier alpha value is -3.35. The van der Waals surface area contributed by atoms with Gasteiger partial charge in [-0.05, 0) is 54.9 Å². The van der Waals surface area contributed by atoms with Crippen LogP contribution in [0.5, 0.6) is 0 Å². The SMILES string of the molecule is C[C@@H](CC(=O)N1C2CCC1CC(C(=O)O)C2)NC(=O)OCC1c2ccccc2-c2ccccc21. The fourth-order valence-corrected chi connectivity index (χ4v) is 6.05. The molecule has 1 aliphatic carbocycles. The molecule has 5 rings (SSSR count). The minimum Gasteiger partial charge on any atom is -0.481 e. The molecule has 7 heteroatoms. The summed E-state index contributed by atoms with van der Waals surface area (Å²) < 4.78 is 5.59. The molecule has 2 N–H and O–H groups in total. The number of ether oxygens (including phenoxy) is 1. The van der Waals surface area contributed by atoms with Gasteiger partial charge in [0.15, 0.2) is 0 Å². The predicted molar refractivity (Wildman–Crippen MR) is 126 cm³/mol. The van der Waals surface area contributed by atoms with E-state index in [0.29, 0.717) is 12.8 Å². The van der Waals surface area contributed by atoms with E-state index in [1.165, 1.54) is 11.1 Å². The van der Waals surface area contributed by atoms with Crippen molar-refractivity contribution in [1.29, 1.82) is 0 Å². The number of amides is 2. The molecule has 2 amide bonds. The number of nitrogens with zero attached hydrogens (tertiary/aromatic N) is 1. The van der Waals surface area contributed by atoms with Crippen molar-refractivity contribution < 1.29 is 24.2 Å². The summed E-state index contributed by atoms with van der Waals surface area (Å²) >= 11 is 0. The molecular formula is C27H30N2O5. The number of rotatable bonds is 6. The molecule has 2 saturated heterocycles. The van der Waals surface area contributed by atoms with E-state index < -0.39 is 12.1 Å². The summed E-state index contributed by atoms with van der Waals surface area (Å²) in [4.78, 5) is 38.7. The van der Waals surface area contributed by atoms with Crippen molar-refractivity contribution in [2.75, 3.05) is 6.61 Å². The molecular weight excluding hydrogens is 432 g/mol. The molecule has 2 fully saturated rings. The van der Waals surface area contributed by atoms with Crippen LogP contribution in [0.15, 0.2) is 48.5 Å². The number of alkyl carbamates (subject to hydrolysis) is 1. The fourth-order valence-electron chi connectivity index (χ4n) is 6.05. The maximum atomic E-state index is 13.0. The van der Waals surface area contributed by atoms with Crippen LogP contribution in [0.2, 0.25) is 0 Å².